The van der Waals surface area contributed by atoms with Gasteiger partial charge < -0.3 is 5.11 Å². The third-order valence-electron chi connectivity index (χ3n) is 4.29. The number of ketones is 1. The third-order valence-corrected chi connectivity index (χ3v) is 4.29. The molecular formula is C28H46O2. The second-order valence-corrected chi connectivity index (χ2v) is 10.1. The standard InChI is InChI=1S/C13H20O.C13H18O.2CH4/c2*1-10(14)12-7-5-11(6-8-12)9-13(2,3)4;;/h5-8,10,14H,9H2,1-4H3;5-8H,9H2,1-4H3;2*1H4. The van der Waals surface area contributed by atoms with Crippen LogP contribution in [0.2, 0.25) is 0 Å². The van der Waals surface area contributed by atoms with E-state index in [-0.39, 0.29) is 26.7 Å². The van der Waals surface area contributed by atoms with Gasteiger partial charge in [-0.05, 0) is 54.2 Å². The first-order chi connectivity index (χ1) is 12.8. The zero-order valence-corrected chi connectivity index (χ0v) is 19.0. The van der Waals surface area contributed by atoms with Crippen molar-refractivity contribution >= 4 is 5.78 Å². The monoisotopic (exact) mass is 414 g/mol. The second-order valence-electron chi connectivity index (χ2n) is 10.1. The highest BCUT2D eigenvalue weighted by molar-refractivity contribution is 5.93. The number of hydrogen-bond donors (Lipinski definition) is 1. The first-order valence-electron chi connectivity index (χ1n) is 10.1. The molecule has 2 aromatic rings. The quantitative estimate of drug-likeness (QED) is 0.513. The molecule has 30 heavy (non-hydrogen) atoms. The number of carbonyl (C=O) groups is 1. The summed E-state index contributed by atoms with van der Waals surface area (Å²) in [6.07, 6.45) is 1.76. The predicted octanol–water partition coefficient (Wildman–Crippen LogP) is 8.08. The number of aliphatic hydroxyl groups is 1. The third kappa shape index (κ3) is 12.6. The van der Waals surface area contributed by atoms with Crippen LogP contribution in [0.15, 0.2) is 48.5 Å². The molecule has 170 valence electrons. The fourth-order valence-corrected chi connectivity index (χ4v) is 3.00. The van der Waals surface area contributed by atoms with Gasteiger partial charge in [-0.15, -0.1) is 0 Å². The van der Waals surface area contributed by atoms with Crippen molar-refractivity contribution in [1.29, 1.82) is 0 Å². The van der Waals surface area contributed by atoms with Gasteiger partial charge in [0.1, 0.15) is 0 Å². The van der Waals surface area contributed by atoms with Crippen molar-refractivity contribution in [2.45, 2.75) is 89.2 Å². The van der Waals surface area contributed by atoms with E-state index in [1.54, 1.807) is 13.8 Å². The van der Waals surface area contributed by atoms with Crippen molar-refractivity contribution in [1.82, 2.24) is 0 Å². The van der Waals surface area contributed by atoms with Gasteiger partial charge in [0, 0.05) is 5.56 Å². The summed E-state index contributed by atoms with van der Waals surface area (Å²) in [5, 5.41) is 9.35. The molecule has 0 aromatic heterocycles. The van der Waals surface area contributed by atoms with Crippen LogP contribution in [0.4, 0.5) is 0 Å². The lowest BCUT2D eigenvalue weighted by atomic mass is 9.88. The molecule has 0 radical (unpaired) electrons. The molecule has 0 fully saturated rings. The van der Waals surface area contributed by atoms with Crippen LogP contribution in [0.25, 0.3) is 0 Å². The molecule has 0 saturated heterocycles. The van der Waals surface area contributed by atoms with E-state index < -0.39 is 0 Å². The van der Waals surface area contributed by atoms with Gasteiger partial charge in [0.2, 0.25) is 0 Å². The van der Waals surface area contributed by atoms with E-state index in [1.165, 1.54) is 11.1 Å². The van der Waals surface area contributed by atoms with E-state index in [1.807, 2.05) is 36.4 Å². The zero-order valence-electron chi connectivity index (χ0n) is 19.0. The number of Topliss-reactive ketones (excluding diaryl/α,β-unsaturated/α-hetero) is 1. The molecule has 0 saturated carbocycles. The highest BCUT2D eigenvalue weighted by Gasteiger charge is 2.12. The minimum absolute atomic E-state index is 0. The van der Waals surface area contributed by atoms with Crippen molar-refractivity contribution < 1.29 is 9.90 Å². The molecule has 0 amide bonds. The molecule has 1 N–H and O–H groups in total. The number of carbonyl (C=O) groups excluding carboxylic acids is 1. The molecule has 1 atom stereocenters. The van der Waals surface area contributed by atoms with Gasteiger partial charge in [-0.1, -0.05) is 105 Å². The highest BCUT2D eigenvalue weighted by atomic mass is 16.3. The minimum Gasteiger partial charge on any atom is -0.389 e. The molecule has 0 aliphatic heterocycles. The largest absolute Gasteiger partial charge is 0.389 e. The Kier molecular flexibility index (Phi) is 12.8. The lowest BCUT2D eigenvalue weighted by Crippen LogP contribution is -2.09. The molecule has 0 heterocycles. The maximum Gasteiger partial charge on any atom is 0.159 e. The first kappa shape index (κ1) is 30.3. The smallest absolute Gasteiger partial charge is 0.159 e. The van der Waals surface area contributed by atoms with Gasteiger partial charge in [-0.25, -0.2) is 0 Å². The van der Waals surface area contributed by atoms with E-state index in [0.29, 0.717) is 10.8 Å². The van der Waals surface area contributed by atoms with Crippen LogP contribution < -0.4 is 0 Å². The Labute approximate surface area is 186 Å². The molecule has 0 aliphatic rings. The number of hydrogen-bond acceptors (Lipinski definition) is 2. The Balaban J connectivity index is 0. The van der Waals surface area contributed by atoms with E-state index in [2.05, 4.69) is 53.7 Å². The molecule has 0 spiro atoms. The van der Waals surface area contributed by atoms with Crippen LogP contribution in [0.5, 0.6) is 0 Å². The average molecular weight is 415 g/mol. The summed E-state index contributed by atoms with van der Waals surface area (Å²) in [4.78, 5) is 11.0. The zero-order chi connectivity index (χ0) is 21.5. The molecule has 2 heteroatoms. The average Bonchev–Trinajstić information content (AvgIpc) is 2.53. The predicted molar refractivity (Wildman–Crippen MR) is 133 cm³/mol. The van der Waals surface area contributed by atoms with Crippen LogP contribution in [0.3, 0.4) is 0 Å². The molecule has 0 bridgehead atoms. The normalized spacial score (nSPS) is 11.9. The fraction of sp³-hybridized carbons (Fsp3) is 0.536. The highest BCUT2D eigenvalue weighted by Crippen LogP contribution is 2.22. The molecule has 2 aromatic carbocycles. The van der Waals surface area contributed by atoms with E-state index in [4.69, 9.17) is 0 Å². The van der Waals surface area contributed by atoms with Crippen LogP contribution >= 0.6 is 0 Å². The molecule has 2 rings (SSSR count). The SMILES string of the molecule is C.C.CC(=O)c1ccc(CC(C)(C)C)cc1.CC(O)c1ccc(CC(C)(C)C)cc1. The summed E-state index contributed by atoms with van der Waals surface area (Å²) in [6, 6.07) is 16.1. The van der Waals surface area contributed by atoms with Crippen molar-refractivity contribution in [2.24, 2.45) is 10.8 Å². The van der Waals surface area contributed by atoms with Crippen molar-refractivity contribution in [2.75, 3.05) is 0 Å². The summed E-state index contributed by atoms with van der Waals surface area (Å²) in [5.41, 5.74) is 5.04. The Hall–Kier alpha value is -1.93. The lowest BCUT2D eigenvalue weighted by molar-refractivity contribution is 0.101. The lowest BCUT2D eigenvalue weighted by Gasteiger charge is -2.18. The first-order valence-corrected chi connectivity index (χ1v) is 10.1. The van der Waals surface area contributed by atoms with Crippen molar-refractivity contribution in [3.8, 4) is 0 Å². The van der Waals surface area contributed by atoms with Crippen molar-refractivity contribution in [3.63, 3.8) is 0 Å². The van der Waals surface area contributed by atoms with Gasteiger partial charge in [-0.2, -0.15) is 0 Å². The molecule has 0 aliphatic carbocycles. The molecule has 1 unspecified atom stereocenters. The van der Waals surface area contributed by atoms with Gasteiger partial charge >= 0.3 is 0 Å². The summed E-state index contributed by atoms with van der Waals surface area (Å²) in [7, 11) is 0. The second kappa shape index (κ2) is 12.7. The van der Waals surface area contributed by atoms with E-state index >= 15 is 0 Å². The van der Waals surface area contributed by atoms with Crippen LogP contribution in [0, 0.1) is 10.8 Å². The summed E-state index contributed by atoms with van der Waals surface area (Å²) < 4.78 is 0. The van der Waals surface area contributed by atoms with Crippen LogP contribution in [-0.4, -0.2) is 10.9 Å². The Morgan fingerprint density at radius 2 is 1.10 bits per heavy atom. The van der Waals surface area contributed by atoms with Gasteiger partial charge in [0.15, 0.2) is 5.78 Å². The van der Waals surface area contributed by atoms with Crippen LogP contribution in [-0.2, 0) is 12.8 Å². The van der Waals surface area contributed by atoms with Crippen molar-refractivity contribution in [3.05, 3.63) is 70.8 Å². The Bertz CT molecular complexity index is 724. The minimum atomic E-state index is -0.362. The number of benzene rings is 2. The topological polar surface area (TPSA) is 37.3 Å². The molecular weight excluding hydrogens is 368 g/mol. The molecule has 2 nitrogen and oxygen atoms in total. The summed E-state index contributed by atoms with van der Waals surface area (Å²) in [6.45, 7) is 16.7. The number of aliphatic hydroxyl groups excluding tert-OH is 1. The summed E-state index contributed by atoms with van der Waals surface area (Å²) >= 11 is 0. The fourth-order valence-electron chi connectivity index (χ4n) is 3.00. The summed E-state index contributed by atoms with van der Waals surface area (Å²) in [5.74, 6) is 0.132. The maximum atomic E-state index is 11.0. The van der Waals surface area contributed by atoms with Gasteiger partial charge in [0.25, 0.3) is 0 Å². The number of rotatable bonds is 4. The van der Waals surface area contributed by atoms with Crippen LogP contribution in [0.1, 0.15) is 103 Å². The van der Waals surface area contributed by atoms with E-state index in [9.17, 15) is 9.90 Å². The van der Waals surface area contributed by atoms with Gasteiger partial charge in [-0.3, -0.25) is 4.79 Å². The van der Waals surface area contributed by atoms with Gasteiger partial charge in [0.05, 0.1) is 6.10 Å². The Morgan fingerprint density at radius 1 is 0.767 bits per heavy atom. The maximum absolute atomic E-state index is 11.0. The van der Waals surface area contributed by atoms with E-state index in [0.717, 1.165) is 24.0 Å². The Morgan fingerprint density at radius 3 is 1.37 bits per heavy atom.